The lowest BCUT2D eigenvalue weighted by Gasteiger charge is -2.39. The highest BCUT2D eigenvalue weighted by atomic mass is 16.5. The van der Waals surface area contributed by atoms with Crippen LogP contribution in [-0.2, 0) is 4.74 Å². The van der Waals surface area contributed by atoms with E-state index in [4.69, 9.17) is 4.74 Å². The number of hydrogen-bond acceptors (Lipinski definition) is 2. The summed E-state index contributed by atoms with van der Waals surface area (Å²) in [6.07, 6.45) is 8.53. The molecule has 0 aromatic carbocycles. The van der Waals surface area contributed by atoms with Crippen LogP contribution >= 0.6 is 0 Å². The van der Waals surface area contributed by atoms with Gasteiger partial charge in [-0.25, -0.2) is 0 Å². The van der Waals surface area contributed by atoms with Crippen LogP contribution in [0.25, 0.3) is 0 Å². The zero-order chi connectivity index (χ0) is 11.9. The average molecular weight is 227 g/mol. The van der Waals surface area contributed by atoms with Crippen LogP contribution in [0.3, 0.4) is 0 Å². The summed E-state index contributed by atoms with van der Waals surface area (Å²) in [6.45, 7) is 7.72. The fourth-order valence-corrected chi connectivity index (χ4v) is 3.15. The summed E-state index contributed by atoms with van der Waals surface area (Å²) < 4.78 is 5.08. The predicted octanol–water partition coefficient (Wildman–Crippen LogP) is 3.22. The average Bonchev–Trinajstić information content (AvgIpc) is 2.25. The van der Waals surface area contributed by atoms with E-state index < -0.39 is 0 Å². The number of hydrogen-bond donors (Lipinski definition) is 1. The van der Waals surface area contributed by atoms with Crippen LogP contribution in [0.5, 0.6) is 0 Å². The van der Waals surface area contributed by atoms with Gasteiger partial charge in [0.1, 0.15) is 0 Å². The number of rotatable bonds is 7. The molecule has 1 aliphatic carbocycles. The first-order valence-electron chi connectivity index (χ1n) is 6.88. The Kier molecular flexibility index (Phi) is 6.37. The van der Waals surface area contributed by atoms with Crippen LogP contribution in [0.2, 0.25) is 0 Å². The van der Waals surface area contributed by atoms with Crippen molar-refractivity contribution in [3.63, 3.8) is 0 Å². The highest BCUT2D eigenvalue weighted by Crippen LogP contribution is 2.40. The maximum atomic E-state index is 5.08. The Morgan fingerprint density at radius 3 is 2.44 bits per heavy atom. The first kappa shape index (κ1) is 14.0. The van der Waals surface area contributed by atoms with Crippen molar-refractivity contribution in [1.29, 1.82) is 0 Å². The molecule has 0 bridgehead atoms. The van der Waals surface area contributed by atoms with Gasteiger partial charge >= 0.3 is 0 Å². The number of methoxy groups -OCH3 is 1. The van der Waals surface area contributed by atoms with Gasteiger partial charge in [-0.2, -0.15) is 0 Å². The molecule has 16 heavy (non-hydrogen) atoms. The van der Waals surface area contributed by atoms with Gasteiger partial charge in [-0.15, -0.1) is 0 Å². The molecule has 0 heterocycles. The molecule has 1 rings (SSSR count). The van der Waals surface area contributed by atoms with Gasteiger partial charge in [0.25, 0.3) is 0 Å². The third kappa shape index (κ3) is 4.84. The van der Waals surface area contributed by atoms with E-state index in [0.29, 0.717) is 5.41 Å². The summed E-state index contributed by atoms with van der Waals surface area (Å²) >= 11 is 0. The lowest BCUT2D eigenvalue weighted by atomic mass is 9.69. The van der Waals surface area contributed by atoms with Crippen LogP contribution in [0, 0.1) is 11.3 Å². The van der Waals surface area contributed by atoms with E-state index in [0.717, 1.165) is 19.1 Å². The molecular formula is C14H29NO. The molecule has 1 aliphatic rings. The maximum absolute atomic E-state index is 5.08. The predicted molar refractivity (Wildman–Crippen MR) is 69.7 cm³/mol. The van der Waals surface area contributed by atoms with Gasteiger partial charge in [0.15, 0.2) is 0 Å². The van der Waals surface area contributed by atoms with Crippen molar-refractivity contribution in [2.75, 3.05) is 26.8 Å². The van der Waals surface area contributed by atoms with E-state index in [-0.39, 0.29) is 0 Å². The van der Waals surface area contributed by atoms with E-state index in [1.807, 2.05) is 0 Å². The molecular weight excluding hydrogens is 198 g/mol. The SMILES string of the molecule is COCCNCC1(CC(C)C)CCCCC1. The molecule has 0 unspecified atom stereocenters. The standard InChI is InChI=1S/C14H29NO/c1-13(2)11-14(7-5-4-6-8-14)12-15-9-10-16-3/h13,15H,4-12H2,1-3H3. The fourth-order valence-electron chi connectivity index (χ4n) is 3.15. The summed E-state index contributed by atoms with van der Waals surface area (Å²) in [4.78, 5) is 0. The summed E-state index contributed by atoms with van der Waals surface area (Å²) in [5.74, 6) is 0.822. The van der Waals surface area contributed by atoms with E-state index in [2.05, 4.69) is 19.2 Å². The van der Waals surface area contributed by atoms with Crippen molar-refractivity contribution in [1.82, 2.24) is 5.32 Å². The zero-order valence-electron chi connectivity index (χ0n) is 11.3. The molecule has 2 nitrogen and oxygen atoms in total. The highest BCUT2D eigenvalue weighted by Gasteiger charge is 2.31. The molecule has 0 spiro atoms. The molecule has 0 radical (unpaired) electrons. The topological polar surface area (TPSA) is 21.3 Å². The molecule has 96 valence electrons. The Labute approximate surface area is 101 Å². The van der Waals surface area contributed by atoms with Gasteiger partial charge in [-0.3, -0.25) is 0 Å². The smallest absolute Gasteiger partial charge is 0.0587 e. The largest absolute Gasteiger partial charge is 0.383 e. The Morgan fingerprint density at radius 1 is 1.19 bits per heavy atom. The Hall–Kier alpha value is -0.0800. The summed E-state index contributed by atoms with van der Waals surface area (Å²) in [6, 6.07) is 0. The monoisotopic (exact) mass is 227 g/mol. The molecule has 0 saturated heterocycles. The maximum Gasteiger partial charge on any atom is 0.0587 e. The minimum absolute atomic E-state index is 0.583. The van der Waals surface area contributed by atoms with Gasteiger partial charge < -0.3 is 10.1 Å². The quantitative estimate of drug-likeness (QED) is 0.674. The van der Waals surface area contributed by atoms with E-state index in [9.17, 15) is 0 Å². The third-order valence-corrected chi connectivity index (χ3v) is 3.74. The second kappa shape index (κ2) is 7.29. The van der Waals surface area contributed by atoms with Crippen LogP contribution in [0.4, 0.5) is 0 Å². The molecule has 1 fully saturated rings. The van der Waals surface area contributed by atoms with Gasteiger partial charge in [-0.1, -0.05) is 33.1 Å². The second-order valence-electron chi connectivity index (χ2n) is 5.83. The first-order valence-corrected chi connectivity index (χ1v) is 6.88. The fraction of sp³-hybridized carbons (Fsp3) is 1.00. The van der Waals surface area contributed by atoms with Gasteiger partial charge in [0.05, 0.1) is 6.61 Å². The van der Waals surface area contributed by atoms with E-state index in [1.165, 1.54) is 45.1 Å². The molecule has 0 aromatic rings. The number of ether oxygens (including phenoxy) is 1. The molecule has 0 atom stereocenters. The summed E-state index contributed by atoms with van der Waals surface area (Å²) in [7, 11) is 1.77. The summed E-state index contributed by atoms with van der Waals surface area (Å²) in [5.41, 5.74) is 0.583. The van der Waals surface area contributed by atoms with Crippen molar-refractivity contribution >= 4 is 0 Å². The summed E-state index contributed by atoms with van der Waals surface area (Å²) in [5, 5.41) is 3.58. The van der Waals surface area contributed by atoms with Gasteiger partial charge in [0, 0.05) is 20.2 Å². The van der Waals surface area contributed by atoms with Gasteiger partial charge in [0.2, 0.25) is 0 Å². The van der Waals surface area contributed by atoms with Crippen LogP contribution < -0.4 is 5.32 Å². The highest BCUT2D eigenvalue weighted by molar-refractivity contribution is 4.85. The van der Waals surface area contributed by atoms with Crippen LogP contribution in [-0.4, -0.2) is 26.8 Å². The molecule has 0 aromatic heterocycles. The van der Waals surface area contributed by atoms with E-state index >= 15 is 0 Å². The van der Waals surface area contributed by atoms with E-state index in [1.54, 1.807) is 7.11 Å². The second-order valence-corrected chi connectivity index (χ2v) is 5.83. The van der Waals surface area contributed by atoms with Gasteiger partial charge in [-0.05, 0) is 30.6 Å². The molecule has 0 aliphatic heterocycles. The lowest BCUT2D eigenvalue weighted by molar-refractivity contribution is 0.137. The Morgan fingerprint density at radius 2 is 1.88 bits per heavy atom. The zero-order valence-corrected chi connectivity index (χ0v) is 11.3. The Balaban J connectivity index is 2.36. The van der Waals surface area contributed by atoms with Crippen LogP contribution in [0.15, 0.2) is 0 Å². The van der Waals surface area contributed by atoms with Crippen LogP contribution in [0.1, 0.15) is 52.4 Å². The lowest BCUT2D eigenvalue weighted by Crippen LogP contribution is -2.38. The van der Waals surface area contributed by atoms with Crippen molar-refractivity contribution in [2.24, 2.45) is 11.3 Å². The molecule has 1 saturated carbocycles. The third-order valence-electron chi connectivity index (χ3n) is 3.74. The minimum atomic E-state index is 0.583. The molecule has 0 amide bonds. The number of nitrogens with one attached hydrogen (secondary N) is 1. The Bertz CT molecular complexity index is 174. The first-order chi connectivity index (χ1) is 7.68. The van der Waals surface area contributed by atoms with Crippen molar-refractivity contribution in [3.8, 4) is 0 Å². The molecule has 1 N–H and O–H groups in total. The molecule has 2 heteroatoms. The van der Waals surface area contributed by atoms with Crippen molar-refractivity contribution in [2.45, 2.75) is 52.4 Å². The minimum Gasteiger partial charge on any atom is -0.383 e. The van der Waals surface area contributed by atoms with Crippen molar-refractivity contribution in [3.05, 3.63) is 0 Å². The normalized spacial score (nSPS) is 20.2. The van der Waals surface area contributed by atoms with Crippen molar-refractivity contribution < 1.29 is 4.74 Å².